The maximum atomic E-state index is 4.47. The van der Waals surface area contributed by atoms with E-state index in [4.69, 9.17) is 0 Å². The van der Waals surface area contributed by atoms with Gasteiger partial charge >= 0.3 is 0 Å². The summed E-state index contributed by atoms with van der Waals surface area (Å²) in [6.45, 7) is 0. The van der Waals surface area contributed by atoms with Gasteiger partial charge in [-0.2, -0.15) is 25.3 Å². The lowest BCUT2D eigenvalue weighted by Crippen LogP contribution is -1.92. The molecule has 2 heteroatoms. The van der Waals surface area contributed by atoms with Crippen LogP contribution in [0.25, 0.3) is 22.3 Å². The number of hydrogen-bond donors (Lipinski definition) is 2. The number of benzene rings is 3. The van der Waals surface area contributed by atoms with Gasteiger partial charge in [-0.1, -0.05) is 72.8 Å². The minimum atomic E-state index is 0.734. The Bertz CT molecular complexity index is 724. The molecule has 0 aromatic heterocycles. The highest BCUT2D eigenvalue weighted by molar-refractivity contribution is 7.79. The van der Waals surface area contributed by atoms with Crippen LogP contribution in [0.1, 0.15) is 11.1 Å². The first kappa shape index (κ1) is 15.3. The zero-order valence-corrected chi connectivity index (χ0v) is 14.0. The second kappa shape index (κ2) is 7.08. The Morgan fingerprint density at radius 1 is 0.500 bits per heavy atom. The third kappa shape index (κ3) is 3.08. The van der Waals surface area contributed by atoms with Crippen molar-refractivity contribution >= 4 is 25.3 Å². The molecule has 3 aromatic carbocycles. The van der Waals surface area contributed by atoms with Gasteiger partial charge in [0, 0.05) is 11.5 Å². The van der Waals surface area contributed by atoms with Gasteiger partial charge in [-0.3, -0.25) is 0 Å². The summed E-state index contributed by atoms with van der Waals surface area (Å²) in [4.78, 5) is 0. The Morgan fingerprint density at radius 2 is 1.00 bits per heavy atom. The predicted molar refractivity (Wildman–Crippen MR) is 103 cm³/mol. The van der Waals surface area contributed by atoms with Crippen LogP contribution in [-0.4, -0.2) is 0 Å². The Labute approximate surface area is 143 Å². The fourth-order valence-electron chi connectivity index (χ4n) is 2.75. The Kier molecular flexibility index (Phi) is 4.91. The van der Waals surface area contributed by atoms with E-state index in [1.165, 1.54) is 33.4 Å². The quantitative estimate of drug-likeness (QED) is 0.551. The van der Waals surface area contributed by atoms with Gasteiger partial charge in [-0.05, 0) is 33.4 Å². The van der Waals surface area contributed by atoms with E-state index in [0.717, 1.165) is 11.5 Å². The summed E-state index contributed by atoms with van der Waals surface area (Å²) in [5, 5.41) is 0. The first-order valence-corrected chi connectivity index (χ1v) is 8.58. The smallest absolute Gasteiger partial charge is 0.0160 e. The minimum Gasteiger partial charge on any atom is -0.175 e. The molecule has 0 saturated heterocycles. The summed E-state index contributed by atoms with van der Waals surface area (Å²) < 4.78 is 0. The molecule has 0 atom stereocenters. The van der Waals surface area contributed by atoms with Gasteiger partial charge < -0.3 is 0 Å². The van der Waals surface area contributed by atoms with Crippen LogP contribution >= 0.6 is 25.3 Å². The van der Waals surface area contributed by atoms with E-state index in [9.17, 15) is 0 Å². The van der Waals surface area contributed by atoms with Gasteiger partial charge in [0.2, 0.25) is 0 Å². The SMILES string of the molecule is SCc1cccc(CS)c1-c1ccc(-c2ccccc2)cc1. The summed E-state index contributed by atoms with van der Waals surface area (Å²) in [6.07, 6.45) is 0. The lowest BCUT2D eigenvalue weighted by Gasteiger charge is -2.13. The van der Waals surface area contributed by atoms with Crippen LogP contribution in [0.3, 0.4) is 0 Å². The maximum absolute atomic E-state index is 4.47. The molecule has 0 spiro atoms. The van der Waals surface area contributed by atoms with E-state index in [1.807, 2.05) is 6.07 Å². The van der Waals surface area contributed by atoms with E-state index in [1.54, 1.807) is 0 Å². The van der Waals surface area contributed by atoms with Gasteiger partial charge in [0.25, 0.3) is 0 Å². The highest BCUT2D eigenvalue weighted by atomic mass is 32.1. The third-order valence-corrected chi connectivity index (χ3v) is 4.54. The van der Waals surface area contributed by atoms with Crippen LogP contribution in [-0.2, 0) is 11.5 Å². The van der Waals surface area contributed by atoms with Gasteiger partial charge in [-0.15, -0.1) is 0 Å². The summed E-state index contributed by atoms with van der Waals surface area (Å²) >= 11 is 8.94. The normalized spacial score (nSPS) is 10.6. The van der Waals surface area contributed by atoms with E-state index in [-0.39, 0.29) is 0 Å². The maximum Gasteiger partial charge on any atom is 0.0160 e. The summed E-state index contributed by atoms with van der Waals surface area (Å²) in [5.41, 5.74) is 7.48. The van der Waals surface area contributed by atoms with Crippen molar-refractivity contribution in [3.05, 3.63) is 83.9 Å². The van der Waals surface area contributed by atoms with E-state index in [0.29, 0.717) is 0 Å². The van der Waals surface area contributed by atoms with Crippen molar-refractivity contribution in [2.75, 3.05) is 0 Å². The molecule has 0 heterocycles. The number of hydrogen-bond acceptors (Lipinski definition) is 2. The lowest BCUT2D eigenvalue weighted by molar-refractivity contribution is 1.34. The molecule has 110 valence electrons. The van der Waals surface area contributed by atoms with Crippen molar-refractivity contribution in [1.82, 2.24) is 0 Å². The fraction of sp³-hybridized carbons (Fsp3) is 0.100. The van der Waals surface area contributed by atoms with Crippen LogP contribution in [0.2, 0.25) is 0 Å². The van der Waals surface area contributed by atoms with Gasteiger partial charge in [0.15, 0.2) is 0 Å². The van der Waals surface area contributed by atoms with Crippen molar-refractivity contribution < 1.29 is 0 Å². The van der Waals surface area contributed by atoms with Crippen LogP contribution in [0, 0.1) is 0 Å². The van der Waals surface area contributed by atoms with Gasteiger partial charge in [-0.25, -0.2) is 0 Å². The largest absolute Gasteiger partial charge is 0.175 e. The second-order valence-electron chi connectivity index (χ2n) is 5.21. The molecule has 0 aliphatic heterocycles. The molecule has 0 nitrogen and oxygen atoms in total. The lowest BCUT2D eigenvalue weighted by atomic mass is 9.94. The Balaban J connectivity index is 2.04. The molecule has 0 N–H and O–H groups in total. The zero-order chi connectivity index (χ0) is 15.4. The second-order valence-corrected chi connectivity index (χ2v) is 5.84. The van der Waals surface area contributed by atoms with E-state index in [2.05, 4.69) is 92.0 Å². The zero-order valence-electron chi connectivity index (χ0n) is 12.2. The molecule has 0 unspecified atom stereocenters. The van der Waals surface area contributed by atoms with Crippen molar-refractivity contribution in [3.8, 4) is 22.3 Å². The first-order chi connectivity index (χ1) is 10.8. The van der Waals surface area contributed by atoms with Gasteiger partial charge in [0.05, 0.1) is 0 Å². The van der Waals surface area contributed by atoms with Crippen LogP contribution in [0.15, 0.2) is 72.8 Å². The molecule has 0 aliphatic rings. The van der Waals surface area contributed by atoms with Crippen molar-refractivity contribution in [2.24, 2.45) is 0 Å². The topological polar surface area (TPSA) is 0 Å². The summed E-state index contributed by atoms with van der Waals surface area (Å²) in [7, 11) is 0. The van der Waals surface area contributed by atoms with E-state index < -0.39 is 0 Å². The number of thiol groups is 2. The average Bonchev–Trinajstić information content (AvgIpc) is 2.62. The summed E-state index contributed by atoms with van der Waals surface area (Å²) in [6, 6.07) is 25.6. The molecule has 3 aromatic rings. The minimum absolute atomic E-state index is 0.734. The van der Waals surface area contributed by atoms with Crippen molar-refractivity contribution in [1.29, 1.82) is 0 Å². The number of rotatable bonds is 4. The molecular formula is C20H18S2. The standard InChI is InChI=1S/C20H18S2/c21-13-18-7-4-8-19(14-22)20(18)17-11-9-16(10-12-17)15-5-2-1-3-6-15/h1-12,21-22H,13-14H2. The molecule has 0 aliphatic carbocycles. The van der Waals surface area contributed by atoms with Crippen LogP contribution in [0.4, 0.5) is 0 Å². The Hall–Kier alpha value is -1.64. The molecule has 3 rings (SSSR count). The highest BCUT2D eigenvalue weighted by Crippen LogP contribution is 2.31. The van der Waals surface area contributed by atoms with E-state index >= 15 is 0 Å². The molecule has 0 amide bonds. The molecule has 0 saturated carbocycles. The summed E-state index contributed by atoms with van der Waals surface area (Å²) in [5.74, 6) is 1.47. The van der Waals surface area contributed by atoms with Gasteiger partial charge in [0.1, 0.15) is 0 Å². The highest BCUT2D eigenvalue weighted by Gasteiger charge is 2.09. The molecule has 0 bridgehead atoms. The molecule has 0 radical (unpaired) electrons. The van der Waals surface area contributed by atoms with Crippen molar-refractivity contribution in [3.63, 3.8) is 0 Å². The fourth-order valence-corrected chi connectivity index (χ4v) is 3.27. The third-order valence-electron chi connectivity index (χ3n) is 3.86. The predicted octanol–water partition coefficient (Wildman–Crippen LogP) is 5.88. The first-order valence-electron chi connectivity index (χ1n) is 7.32. The molecular weight excluding hydrogens is 304 g/mol. The van der Waals surface area contributed by atoms with Crippen molar-refractivity contribution in [2.45, 2.75) is 11.5 Å². The molecule has 22 heavy (non-hydrogen) atoms. The monoisotopic (exact) mass is 322 g/mol. The molecule has 0 fully saturated rings. The van der Waals surface area contributed by atoms with Crippen LogP contribution < -0.4 is 0 Å². The Morgan fingerprint density at radius 3 is 1.55 bits per heavy atom. The average molecular weight is 322 g/mol. The van der Waals surface area contributed by atoms with Crippen LogP contribution in [0.5, 0.6) is 0 Å².